The Hall–Kier alpha value is -1.10. The lowest BCUT2D eigenvalue weighted by Crippen LogP contribution is -2.45. The van der Waals surface area contributed by atoms with E-state index in [1.807, 2.05) is 13.8 Å². The van der Waals surface area contributed by atoms with Gasteiger partial charge in [-0.3, -0.25) is 9.59 Å². The van der Waals surface area contributed by atoms with Gasteiger partial charge in [0, 0.05) is 6.04 Å². The third-order valence-electron chi connectivity index (χ3n) is 1.26. The molecule has 0 aliphatic rings. The normalized spacial score (nSPS) is 12.9. The minimum absolute atomic E-state index is 0.0434. The van der Waals surface area contributed by atoms with Gasteiger partial charge in [-0.25, -0.2) is 0 Å². The van der Waals surface area contributed by atoms with Crippen molar-refractivity contribution in [1.82, 2.24) is 5.32 Å². The lowest BCUT2D eigenvalue weighted by Gasteiger charge is -2.15. The SMILES string of the molecule is CC(C)NC(CC(=O)O)C(N)=O. The fourth-order valence-corrected chi connectivity index (χ4v) is 0.819. The number of carboxylic acids is 1. The van der Waals surface area contributed by atoms with Crippen LogP contribution in [0.2, 0.25) is 0 Å². The Morgan fingerprint density at radius 3 is 2.25 bits per heavy atom. The van der Waals surface area contributed by atoms with Gasteiger partial charge in [-0.2, -0.15) is 0 Å². The Labute approximate surface area is 70.9 Å². The average molecular weight is 174 g/mol. The molecule has 0 aliphatic carbocycles. The molecule has 1 atom stereocenters. The van der Waals surface area contributed by atoms with E-state index in [2.05, 4.69) is 5.32 Å². The Bertz CT molecular complexity index is 179. The zero-order valence-electron chi connectivity index (χ0n) is 7.20. The van der Waals surface area contributed by atoms with Gasteiger partial charge in [0.1, 0.15) is 0 Å². The van der Waals surface area contributed by atoms with Crippen molar-refractivity contribution in [3.05, 3.63) is 0 Å². The number of rotatable bonds is 5. The zero-order chi connectivity index (χ0) is 9.72. The van der Waals surface area contributed by atoms with E-state index < -0.39 is 17.9 Å². The Kier molecular flexibility index (Phi) is 4.28. The number of primary amides is 1. The molecule has 0 fully saturated rings. The van der Waals surface area contributed by atoms with Crippen molar-refractivity contribution >= 4 is 11.9 Å². The zero-order valence-corrected chi connectivity index (χ0v) is 7.20. The minimum Gasteiger partial charge on any atom is -0.481 e. The standard InChI is InChI=1S/C7H14N2O3/c1-4(2)9-5(7(8)12)3-6(10)11/h4-5,9H,3H2,1-2H3,(H2,8,12)(H,10,11). The molecule has 0 spiro atoms. The number of nitrogens with two attached hydrogens (primary N) is 1. The van der Waals surface area contributed by atoms with E-state index in [9.17, 15) is 9.59 Å². The van der Waals surface area contributed by atoms with Crippen molar-refractivity contribution in [3.8, 4) is 0 Å². The molecule has 0 aromatic carbocycles. The number of carboxylic acid groups (broad SMARTS) is 1. The smallest absolute Gasteiger partial charge is 0.305 e. The number of aliphatic carboxylic acids is 1. The molecule has 0 saturated carbocycles. The summed E-state index contributed by atoms with van der Waals surface area (Å²) in [5.74, 6) is -1.67. The van der Waals surface area contributed by atoms with Crippen LogP contribution in [0.25, 0.3) is 0 Å². The first-order valence-electron chi connectivity index (χ1n) is 3.70. The molecule has 0 saturated heterocycles. The van der Waals surface area contributed by atoms with E-state index in [-0.39, 0.29) is 12.5 Å². The van der Waals surface area contributed by atoms with E-state index in [1.165, 1.54) is 0 Å². The Balaban J connectivity index is 4.04. The molecule has 0 rings (SSSR count). The minimum atomic E-state index is -1.04. The van der Waals surface area contributed by atoms with E-state index in [0.717, 1.165) is 0 Å². The van der Waals surface area contributed by atoms with Gasteiger partial charge in [-0.1, -0.05) is 13.8 Å². The summed E-state index contributed by atoms with van der Waals surface area (Å²) in [6, 6.07) is -0.732. The largest absolute Gasteiger partial charge is 0.481 e. The third kappa shape index (κ3) is 4.68. The summed E-state index contributed by atoms with van der Waals surface area (Å²) >= 11 is 0. The average Bonchev–Trinajstić information content (AvgIpc) is 1.83. The fraction of sp³-hybridized carbons (Fsp3) is 0.714. The van der Waals surface area contributed by atoms with Gasteiger partial charge in [0.05, 0.1) is 12.5 Å². The van der Waals surface area contributed by atoms with Crippen molar-refractivity contribution in [2.45, 2.75) is 32.4 Å². The lowest BCUT2D eigenvalue weighted by atomic mass is 10.2. The molecular formula is C7H14N2O3. The van der Waals surface area contributed by atoms with Crippen LogP contribution in [0.15, 0.2) is 0 Å². The van der Waals surface area contributed by atoms with E-state index in [4.69, 9.17) is 10.8 Å². The monoisotopic (exact) mass is 174 g/mol. The van der Waals surface area contributed by atoms with Crippen LogP contribution in [0.4, 0.5) is 0 Å². The van der Waals surface area contributed by atoms with Gasteiger partial charge in [-0.15, -0.1) is 0 Å². The number of amides is 1. The first-order chi connectivity index (χ1) is 5.43. The van der Waals surface area contributed by atoms with Crippen LogP contribution in [0.3, 0.4) is 0 Å². The van der Waals surface area contributed by atoms with E-state index in [0.29, 0.717) is 0 Å². The number of hydrogen-bond donors (Lipinski definition) is 3. The van der Waals surface area contributed by atoms with Crippen LogP contribution in [0, 0.1) is 0 Å². The molecule has 5 nitrogen and oxygen atoms in total. The van der Waals surface area contributed by atoms with Crippen molar-refractivity contribution in [3.63, 3.8) is 0 Å². The molecule has 0 aromatic rings. The predicted octanol–water partition coefficient (Wildman–Crippen LogP) is -0.687. The van der Waals surface area contributed by atoms with Gasteiger partial charge < -0.3 is 16.2 Å². The Morgan fingerprint density at radius 1 is 1.50 bits per heavy atom. The molecule has 12 heavy (non-hydrogen) atoms. The Morgan fingerprint density at radius 2 is 2.00 bits per heavy atom. The maximum Gasteiger partial charge on any atom is 0.305 e. The summed E-state index contributed by atoms with van der Waals surface area (Å²) in [5.41, 5.74) is 4.97. The maximum atomic E-state index is 10.7. The highest BCUT2D eigenvalue weighted by Crippen LogP contribution is 1.93. The first-order valence-corrected chi connectivity index (χ1v) is 3.70. The molecule has 1 amide bonds. The molecule has 4 N–H and O–H groups in total. The first kappa shape index (κ1) is 10.9. The molecule has 70 valence electrons. The lowest BCUT2D eigenvalue weighted by molar-refractivity contribution is -0.139. The van der Waals surface area contributed by atoms with Crippen LogP contribution in [0.5, 0.6) is 0 Å². The number of nitrogens with one attached hydrogen (secondary N) is 1. The summed E-state index contributed by atoms with van der Waals surface area (Å²) < 4.78 is 0. The highest BCUT2D eigenvalue weighted by Gasteiger charge is 2.18. The highest BCUT2D eigenvalue weighted by atomic mass is 16.4. The molecule has 0 aliphatic heterocycles. The fourth-order valence-electron chi connectivity index (χ4n) is 0.819. The van der Waals surface area contributed by atoms with E-state index in [1.54, 1.807) is 0 Å². The van der Waals surface area contributed by atoms with Crippen molar-refractivity contribution in [2.24, 2.45) is 5.73 Å². The van der Waals surface area contributed by atoms with Crippen molar-refractivity contribution in [1.29, 1.82) is 0 Å². The van der Waals surface area contributed by atoms with Crippen LogP contribution < -0.4 is 11.1 Å². The van der Waals surface area contributed by atoms with Gasteiger partial charge in [0.2, 0.25) is 5.91 Å². The van der Waals surface area contributed by atoms with Gasteiger partial charge >= 0.3 is 5.97 Å². The second-order valence-electron chi connectivity index (χ2n) is 2.87. The number of hydrogen-bond acceptors (Lipinski definition) is 3. The highest BCUT2D eigenvalue weighted by molar-refractivity contribution is 5.84. The molecule has 0 radical (unpaired) electrons. The van der Waals surface area contributed by atoms with E-state index >= 15 is 0 Å². The molecule has 0 heterocycles. The van der Waals surface area contributed by atoms with Crippen molar-refractivity contribution in [2.75, 3.05) is 0 Å². The quantitative estimate of drug-likeness (QED) is 0.514. The third-order valence-corrected chi connectivity index (χ3v) is 1.26. The van der Waals surface area contributed by atoms with Gasteiger partial charge in [-0.05, 0) is 0 Å². The second-order valence-corrected chi connectivity index (χ2v) is 2.87. The summed E-state index contributed by atoms with van der Waals surface area (Å²) in [7, 11) is 0. The summed E-state index contributed by atoms with van der Waals surface area (Å²) in [6.45, 7) is 3.63. The van der Waals surface area contributed by atoms with Gasteiger partial charge in [0.15, 0.2) is 0 Å². The summed E-state index contributed by atoms with van der Waals surface area (Å²) in [4.78, 5) is 20.9. The number of carbonyl (C=O) groups is 2. The molecule has 0 bridgehead atoms. The molecular weight excluding hydrogens is 160 g/mol. The molecule has 5 heteroatoms. The topological polar surface area (TPSA) is 92.4 Å². The summed E-state index contributed by atoms with van der Waals surface area (Å²) in [6.07, 6.45) is -0.270. The molecule has 1 unspecified atom stereocenters. The van der Waals surface area contributed by atoms with Crippen LogP contribution in [0.1, 0.15) is 20.3 Å². The maximum absolute atomic E-state index is 10.7. The van der Waals surface area contributed by atoms with Crippen LogP contribution >= 0.6 is 0 Å². The van der Waals surface area contributed by atoms with Crippen LogP contribution in [-0.4, -0.2) is 29.1 Å². The second kappa shape index (κ2) is 4.71. The van der Waals surface area contributed by atoms with Crippen LogP contribution in [-0.2, 0) is 9.59 Å². The molecule has 0 aromatic heterocycles. The van der Waals surface area contributed by atoms with Gasteiger partial charge in [0.25, 0.3) is 0 Å². The summed E-state index contributed by atoms with van der Waals surface area (Å²) in [5, 5.41) is 11.2. The number of carbonyl (C=O) groups excluding carboxylic acids is 1. The van der Waals surface area contributed by atoms with Crippen molar-refractivity contribution < 1.29 is 14.7 Å². The predicted molar refractivity (Wildman–Crippen MR) is 43.5 cm³/mol.